The lowest BCUT2D eigenvalue weighted by Crippen LogP contribution is -2.26. The summed E-state index contributed by atoms with van der Waals surface area (Å²) in [7, 11) is 0. The Kier molecular flexibility index (Phi) is 7.41. The molecule has 3 N–H and O–H groups in total. The maximum absolute atomic E-state index is 11.8. The predicted molar refractivity (Wildman–Crippen MR) is 114 cm³/mol. The summed E-state index contributed by atoms with van der Waals surface area (Å²) in [6.07, 6.45) is 1.48. The number of nitrogens with zero attached hydrogens (tertiary/aromatic N) is 2. The number of hydrogen-bond donors (Lipinski definition) is 3. The highest BCUT2D eigenvalue weighted by molar-refractivity contribution is 7.99. The first kappa shape index (κ1) is 21.3. The number of aromatic nitrogens is 3. The predicted octanol–water partition coefficient (Wildman–Crippen LogP) is 1.93. The van der Waals surface area contributed by atoms with Crippen molar-refractivity contribution in [3.05, 3.63) is 85.5 Å². The maximum atomic E-state index is 11.8. The van der Waals surface area contributed by atoms with Gasteiger partial charge in [-0.15, -0.1) is 0 Å². The van der Waals surface area contributed by atoms with Crippen molar-refractivity contribution in [2.45, 2.75) is 11.6 Å². The molecule has 0 atom stereocenters. The monoisotopic (exact) mass is 445 g/mol. The Bertz CT molecular complexity index is 1160. The number of carbonyl (C=O) groups excluding carboxylic acids is 1. The lowest BCUT2D eigenvalue weighted by molar-refractivity contribution is -0.118. The molecule has 0 aliphatic rings. The van der Waals surface area contributed by atoms with Crippen LogP contribution in [0.3, 0.4) is 0 Å². The second-order valence-corrected chi connectivity index (χ2v) is 7.21. The summed E-state index contributed by atoms with van der Waals surface area (Å²) in [5, 5.41) is 10.2. The maximum Gasteiger partial charge on any atom is 0.342 e. The van der Waals surface area contributed by atoms with Gasteiger partial charge in [0.05, 0.1) is 12.0 Å². The van der Waals surface area contributed by atoms with E-state index in [4.69, 9.17) is 16.3 Å². The number of rotatable bonds is 8. The second kappa shape index (κ2) is 10.4. The molecule has 0 spiro atoms. The molecular formula is C19H16ClN5O4S. The van der Waals surface area contributed by atoms with E-state index in [1.807, 2.05) is 29.2 Å². The third-order valence-electron chi connectivity index (χ3n) is 3.66. The molecule has 0 saturated heterocycles. The zero-order valence-electron chi connectivity index (χ0n) is 15.4. The van der Waals surface area contributed by atoms with Crippen molar-refractivity contribution in [1.29, 1.82) is 0 Å². The molecule has 11 heteroatoms. The van der Waals surface area contributed by atoms with Crippen LogP contribution in [0.1, 0.15) is 11.1 Å². The highest BCUT2D eigenvalue weighted by Gasteiger charge is 2.07. The van der Waals surface area contributed by atoms with Gasteiger partial charge in [-0.05, 0) is 35.9 Å². The van der Waals surface area contributed by atoms with Gasteiger partial charge in [-0.3, -0.25) is 14.6 Å². The smallest absolute Gasteiger partial charge is 0.342 e. The van der Waals surface area contributed by atoms with E-state index in [0.717, 1.165) is 22.9 Å². The van der Waals surface area contributed by atoms with Crippen molar-refractivity contribution in [3.63, 3.8) is 0 Å². The SMILES string of the molecule is O=C(CSc1n[nH]c(=O)[nH]c1=O)N/N=C/c1ccc(OCc2ccccc2Cl)cc1. The van der Waals surface area contributed by atoms with Crippen molar-refractivity contribution < 1.29 is 9.53 Å². The summed E-state index contributed by atoms with van der Waals surface area (Å²) in [6, 6.07) is 14.6. The summed E-state index contributed by atoms with van der Waals surface area (Å²) in [5.74, 6) is 0.156. The summed E-state index contributed by atoms with van der Waals surface area (Å²) in [5.41, 5.74) is 2.64. The third kappa shape index (κ3) is 6.33. The summed E-state index contributed by atoms with van der Waals surface area (Å²) in [6.45, 7) is 0.355. The number of amides is 1. The zero-order valence-corrected chi connectivity index (χ0v) is 17.0. The average molecular weight is 446 g/mol. The van der Waals surface area contributed by atoms with Crippen LogP contribution in [0, 0.1) is 0 Å². The second-order valence-electron chi connectivity index (χ2n) is 5.84. The Morgan fingerprint density at radius 1 is 1.20 bits per heavy atom. The summed E-state index contributed by atoms with van der Waals surface area (Å²) in [4.78, 5) is 36.2. The van der Waals surface area contributed by atoms with Gasteiger partial charge in [-0.25, -0.2) is 15.3 Å². The van der Waals surface area contributed by atoms with Crippen molar-refractivity contribution >= 4 is 35.5 Å². The Balaban J connectivity index is 1.45. The molecule has 2 aromatic carbocycles. The van der Waals surface area contributed by atoms with Gasteiger partial charge in [0.15, 0.2) is 5.03 Å². The Hall–Kier alpha value is -3.37. The number of halogens is 1. The number of ether oxygens (including phenoxy) is 1. The number of thioether (sulfide) groups is 1. The van der Waals surface area contributed by atoms with E-state index in [9.17, 15) is 14.4 Å². The topological polar surface area (TPSA) is 129 Å². The van der Waals surface area contributed by atoms with Gasteiger partial charge in [0.25, 0.3) is 5.56 Å². The molecular weight excluding hydrogens is 430 g/mol. The molecule has 0 radical (unpaired) electrons. The molecule has 0 aliphatic carbocycles. The van der Waals surface area contributed by atoms with Crippen LogP contribution in [-0.2, 0) is 11.4 Å². The fourth-order valence-electron chi connectivity index (χ4n) is 2.21. The molecule has 9 nitrogen and oxygen atoms in total. The molecule has 0 saturated carbocycles. The number of hydrogen-bond acceptors (Lipinski definition) is 7. The van der Waals surface area contributed by atoms with E-state index in [1.54, 1.807) is 24.3 Å². The number of hydrazone groups is 1. The first-order valence-corrected chi connectivity index (χ1v) is 9.97. The third-order valence-corrected chi connectivity index (χ3v) is 4.98. The first-order chi connectivity index (χ1) is 14.5. The van der Waals surface area contributed by atoms with E-state index < -0.39 is 17.2 Å². The van der Waals surface area contributed by atoms with Crippen LogP contribution < -0.4 is 21.4 Å². The average Bonchev–Trinajstić information content (AvgIpc) is 2.73. The molecule has 0 bridgehead atoms. The Morgan fingerprint density at radius 3 is 2.70 bits per heavy atom. The van der Waals surface area contributed by atoms with Crippen LogP contribution in [0.25, 0.3) is 0 Å². The molecule has 0 aliphatic heterocycles. The minimum absolute atomic E-state index is 0.0129. The van der Waals surface area contributed by atoms with Crippen LogP contribution in [0.5, 0.6) is 5.75 Å². The molecule has 1 heterocycles. The van der Waals surface area contributed by atoms with Crippen molar-refractivity contribution in [2.24, 2.45) is 5.10 Å². The van der Waals surface area contributed by atoms with Gasteiger partial charge in [-0.1, -0.05) is 41.6 Å². The molecule has 3 aromatic rings. The number of nitrogens with one attached hydrogen (secondary N) is 3. The molecule has 1 aromatic heterocycles. The molecule has 30 heavy (non-hydrogen) atoms. The fraction of sp³-hybridized carbons (Fsp3) is 0.105. The van der Waals surface area contributed by atoms with Gasteiger partial charge in [-0.2, -0.15) is 10.2 Å². The largest absolute Gasteiger partial charge is 0.489 e. The highest BCUT2D eigenvalue weighted by atomic mass is 35.5. The van der Waals surface area contributed by atoms with E-state index >= 15 is 0 Å². The van der Waals surface area contributed by atoms with E-state index in [-0.39, 0.29) is 10.8 Å². The fourth-order valence-corrected chi connectivity index (χ4v) is 3.02. The van der Waals surface area contributed by atoms with Crippen molar-refractivity contribution in [3.8, 4) is 5.75 Å². The van der Waals surface area contributed by atoms with Crippen LogP contribution in [0.15, 0.2) is 68.2 Å². The number of aromatic amines is 2. The Labute approximate surface area is 179 Å². The van der Waals surface area contributed by atoms with Crippen LogP contribution in [0.4, 0.5) is 0 Å². The minimum atomic E-state index is -0.710. The van der Waals surface area contributed by atoms with E-state index in [1.165, 1.54) is 6.21 Å². The number of carbonyl (C=O) groups is 1. The molecule has 3 rings (SSSR count). The summed E-state index contributed by atoms with van der Waals surface area (Å²) < 4.78 is 5.70. The normalized spacial score (nSPS) is 10.8. The molecule has 1 amide bonds. The van der Waals surface area contributed by atoms with E-state index in [0.29, 0.717) is 17.4 Å². The van der Waals surface area contributed by atoms with Crippen LogP contribution in [-0.4, -0.2) is 33.1 Å². The molecule has 0 fully saturated rings. The lowest BCUT2D eigenvalue weighted by atomic mass is 10.2. The van der Waals surface area contributed by atoms with E-state index in [2.05, 4.69) is 20.7 Å². The van der Waals surface area contributed by atoms with Gasteiger partial charge < -0.3 is 4.74 Å². The van der Waals surface area contributed by atoms with Gasteiger partial charge >= 0.3 is 5.69 Å². The van der Waals surface area contributed by atoms with Crippen molar-refractivity contribution in [1.82, 2.24) is 20.6 Å². The summed E-state index contributed by atoms with van der Waals surface area (Å²) >= 11 is 6.98. The lowest BCUT2D eigenvalue weighted by Gasteiger charge is -2.07. The van der Waals surface area contributed by atoms with Crippen LogP contribution in [0.2, 0.25) is 5.02 Å². The molecule has 154 valence electrons. The first-order valence-electron chi connectivity index (χ1n) is 8.61. The van der Waals surface area contributed by atoms with Gasteiger partial charge in [0, 0.05) is 10.6 Å². The standard InChI is InChI=1S/C19H16ClN5O4S/c20-15-4-2-1-3-13(15)10-29-14-7-5-12(6-8-14)9-21-23-16(26)11-30-18-17(27)22-19(28)25-24-18/h1-9H,10-11H2,(H,23,26)(H2,22,25,27,28)/b21-9+. The van der Waals surface area contributed by atoms with Gasteiger partial charge in [0.2, 0.25) is 5.91 Å². The Morgan fingerprint density at radius 2 is 1.97 bits per heavy atom. The zero-order chi connectivity index (χ0) is 21.3. The number of benzene rings is 2. The molecule has 0 unspecified atom stereocenters. The quantitative estimate of drug-likeness (QED) is 0.276. The highest BCUT2D eigenvalue weighted by Crippen LogP contribution is 2.18. The number of H-pyrrole nitrogens is 2. The minimum Gasteiger partial charge on any atom is -0.489 e. The van der Waals surface area contributed by atoms with Crippen molar-refractivity contribution in [2.75, 3.05) is 5.75 Å². The van der Waals surface area contributed by atoms with Gasteiger partial charge in [0.1, 0.15) is 12.4 Å². The van der Waals surface area contributed by atoms with Crippen LogP contribution >= 0.6 is 23.4 Å².